The number of hydrogen-bond acceptors (Lipinski definition) is 5. The predicted octanol–water partition coefficient (Wildman–Crippen LogP) is 1.19. The molecule has 1 unspecified atom stereocenters. The lowest BCUT2D eigenvalue weighted by atomic mass is 10.1. The van der Waals surface area contributed by atoms with E-state index in [0.29, 0.717) is 4.47 Å². The van der Waals surface area contributed by atoms with E-state index in [1.807, 2.05) is 0 Å². The largest absolute Gasteiger partial charge is 0.478 e. The van der Waals surface area contributed by atoms with Gasteiger partial charge in [0.1, 0.15) is 11.4 Å². The molecule has 1 amide bonds. The average Bonchev–Trinajstić information content (AvgIpc) is 2.67. The maximum atomic E-state index is 12.7. The Bertz CT molecular complexity index is 709. The molecule has 1 aromatic heterocycles. The van der Waals surface area contributed by atoms with Gasteiger partial charge in [0.25, 0.3) is 0 Å². The summed E-state index contributed by atoms with van der Waals surface area (Å²) in [7, 11) is -4.69. The van der Waals surface area contributed by atoms with Crippen LogP contribution in [-0.4, -0.2) is 42.7 Å². The molecule has 0 aromatic carbocycles. The van der Waals surface area contributed by atoms with Gasteiger partial charge in [-0.25, -0.2) is 9.78 Å². The van der Waals surface area contributed by atoms with Crippen LogP contribution in [-0.2, 0) is 15.0 Å². The second-order valence-electron chi connectivity index (χ2n) is 4.61. The predicted molar refractivity (Wildman–Crippen MR) is 74.3 cm³/mol. The van der Waals surface area contributed by atoms with Crippen LogP contribution < -0.4 is 4.90 Å². The molecule has 10 heteroatoms. The van der Waals surface area contributed by atoms with Gasteiger partial charge in [0.2, 0.25) is 5.91 Å². The second kappa shape index (κ2) is 5.68. The standard InChI is InChI=1S/C11H10BrFN2O5S/c12-7-2-8(11(17)18)10(14-3-7)15-4-6(1-9(15)16)5-21(13,19)20/h2-3,6H,1,4-5H2,(H,17,18). The van der Waals surface area contributed by atoms with E-state index < -0.39 is 33.8 Å². The van der Waals surface area contributed by atoms with E-state index in [1.165, 1.54) is 12.3 Å². The first kappa shape index (κ1) is 15.8. The van der Waals surface area contributed by atoms with Crippen molar-refractivity contribution < 1.29 is 27.0 Å². The van der Waals surface area contributed by atoms with Gasteiger partial charge in [-0.05, 0) is 22.0 Å². The van der Waals surface area contributed by atoms with Crippen molar-refractivity contribution in [2.45, 2.75) is 6.42 Å². The first-order chi connectivity index (χ1) is 9.67. The van der Waals surface area contributed by atoms with Gasteiger partial charge in [-0.3, -0.25) is 9.69 Å². The Labute approximate surface area is 128 Å². The van der Waals surface area contributed by atoms with Crippen LogP contribution in [0.4, 0.5) is 9.70 Å². The van der Waals surface area contributed by atoms with E-state index in [-0.39, 0.29) is 24.3 Å². The summed E-state index contributed by atoms with van der Waals surface area (Å²) < 4.78 is 34.4. The van der Waals surface area contributed by atoms with Crippen molar-refractivity contribution in [2.24, 2.45) is 5.92 Å². The summed E-state index contributed by atoms with van der Waals surface area (Å²) >= 11 is 3.08. The third kappa shape index (κ3) is 3.76. The Balaban J connectivity index is 2.31. The molecule has 1 aliphatic rings. The summed E-state index contributed by atoms with van der Waals surface area (Å²) in [5.74, 6) is -3.32. The van der Waals surface area contributed by atoms with Gasteiger partial charge in [0, 0.05) is 29.6 Å². The number of halogens is 2. The van der Waals surface area contributed by atoms with E-state index in [0.717, 1.165) is 4.90 Å². The molecule has 1 aliphatic heterocycles. The highest BCUT2D eigenvalue weighted by molar-refractivity contribution is 9.10. The molecule has 0 aliphatic carbocycles. The summed E-state index contributed by atoms with van der Waals surface area (Å²) in [4.78, 5) is 28.1. The maximum Gasteiger partial charge on any atom is 0.339 e. The fraction of sp³-hybridized carbons (Fsp3) is 0.364. The molecule has 0 saturated carbocycles. The molecule has 2 heterocycles. The average molecular weight is 381 g/mol. The summed E-state index contributed by atoms with van der Waals surface area (Å²) in [5, 5.41) is 9.13. The molecular formula is C11H10BrFN2O5S. The van der Waals surface area contributed by atoms with Crippen LogP contribution in [0, 0.1) is 5.92 Å². The number of hydrogen-bond donors (Lipinski definition) is 1. The van der Waals surface area contributed by atoms with Gasteiger partial charge in [-0.2, -0.15) is 8.42 Å². The van der Waals surface area contributed by atoms with Crippen molar-refractivity contribution in [3.8, 4) is 0 Å². The Morgan fingerprint density at radius 1 is 1.57 bits per heavy atom. The van der Waals surface area contributed by atoms with Crippen molar-refractivity contribution in [1.82, 2.24) is 4.98 Å². The smallest absolute Gasteiger partial charge is 0.339 e. The summed E-state index contributed by atoms with van der Waals surface area (Å²) in [6.07, 6.45) is 1.16. The molecule has 2 rings (SSSR count). The van der Waals surface area contributed by atoms with Gasteiger partial charge in [-0.1, -0.05) is 0 Å². The summed E-state index contributed by atoms with van der Waals surface area (Å²) in [5.41, 5.74) is -0.193. The fourth-order valence-electron chi connectivity index (χ4n) is 2.18. The van der Waals surface area contributed by atoms with Crippen LogP contribution in [0.25, 0.3) is 0 Å². The van der Waals surface area contributed by atoms with Crippen LogP contribution in [0.15, 0.2) is 16.7 Å². The lowest BCUT2D eigenvalue weighted by molar-refractivity contribution is -0.117. The topological polar surface area (TPSA) is 105 Å². The van der Waals surface area contributed by atoms with Crippen molar-refractivity contribution >= 4 is 43.8 Å². The number of carbonyl (C=O) groups is 2. The van der Waals surface area contributed by atoms with Crippen LogP contribution in [0.3, 0.4) is 0 Å². The molecule has 0 spiro atoms. The minimum Gasteiger partial charge on any atom is -0.478 e. The number of carboxylic acid groups (broad SMARTS) is 1. The second-order valence-corrected chi connectivity index (χ2v) is 6.94. The maximum absolute atomic E-state index is 12.7. The molecule has 1 aromatic rings. The van der Waals surface area contributed by atoms with Gasteiger partial charge in [-0.15, -0.1) is 3.89 Å². The van der Waals surface area contributed by atoms with E-state index in [9.17, 15) is 21.9 Å². The number of aromatic nitrogens is 1. The Hall–Kier alpha value is -1.55. The normalized spacial score (nSPS) is 19.0. The van der Waals surface area contributed by atoms with Gasteiger partial charge < -0.3 is 5.11 Å². The van der Waals surface area contributed by atoms with Gasteiger partial charge >= 0.3 is 16.2 Å². The zero-order chi connectivity index (χ0) is 15.8. The van der Waals surface area contributed by atoms with E-state index in [1.54, 1.807) is 0 Å². The SMILES string of the molecule is O=C(O)c1cc(Br)cnc1N1CC(CS(=O)(=O)F)CC1=O. The number of aromatic carboxylic acids is 1. The van der Waals surface area contributed by atoms with Crippen LogP contribution in [0.1, 0.15) is 16.8 Å². The van der Waals surface area contributed by atoms with E-state index >= 15 is 0 Å². The van der Waals surface area contributed by atoms with Crippen molar-refractivity contribution in [1.29, 1.82) is 0 Å². The highest BCUT2D eigenvalue weighted by Gasteiger charge is 2.36. The molecule has 1 atom stereocenters. The van der Waals surface area contributed by atoms with Gasteiger partial charge in [0.15, 0.2) is 0 Å². The third-order valence-corrected chi connectivity index (χ3v) is 4.26. The Morgan fingerprint density at radius 2 is 2.24 bits per heavy atom. The Morgan fingerprint density at radius 3 is 2.81 bits per heavy atom. The Kier molecular flexibility index (Phi) is 4.28. The molecule has 1 N–H and O–H groups in total. The number of anilines is 1. The monoisotopic (exact) mass is 380 g/mol. The van der Waals surface area contributed by atoms with Crippen molar-refractivity contribution in [3.63, 3.8) is 0 Å². The minimum absolute atomic E-state index is 0.0746. The first-order valence-electron chi connectivity index (χ1n) is 5.79. The molecule has 1 fully saturated rings. The first-order valence-corrected chi connectivity index (χ1v) is 8.13. The lowest BCUT2D eigenvalue weighted by Gasteiger charge is -2.17. The fourth-order valence-corrected chi connectivity index (χ4v) is 3.30. The molecule has 0 bridgehead atoms. The van der Waals surface area contributed by atoms with Crippen molar-refractivity contribution in [2.75, 3.05) is 17.2 Å². The highest BCUT2D eigenvalue weighted by Crippen LogP contribution is 2.28. The zero-order valence-corrected chi connectivity index (χ0v) is 12.9. The molecule has 7 nitrogen and oxygen atoms in total. The minimum atomic E-state index is -4.69. The van der Waals surface area contributed by atoms with Gasteiger partial charge in [0.05, 0.1) is 5.75 Å². The van der Waals surface area contributed by atoms with E-state index in [4.69, 9.17) is 5.11 Å². The number of carbonyl (C=O) groups excluding carboxylic acids is 1. The quantitative estimate of drug-likeness (QED) is 0.786. The van der Waals surface area contributed by atoms with Crippen LogP contribution in [0.5, 0.6) is 0 Å². The lowest BCUT2D eigenvalue weighted by Crippen LogP contribution is -2.28. The third-order valence-electron chi connectivity index (χ3n) is 2.96. The molecule has 21 heavy (non-hydrogen) atoms. The number of rotatable bonds is 4. The number of carboxylic acids is 1. The van der Waals surface area contributed by atoms with Crippen LogP contribution in [0.2, 0.25) is 0 Å². The number of nitrogens with zero attached hydrogens (tertiary/aromatic N) is 2. The number of pyridine rings is 1. The van der Waals surface area contributed by atoms with E-state index in [2.05, 4.69) is 20.9 Å². The summed E-state index contributed by atoms with van der Waals surface area (Å²) in [6.45, 7) is -0.0864. The molecular weight excluding hydrogens is 371 g/mol. The summed E-state index contributed by atoms with van der Waals surface area (Å²) in [6, 6.07) is 1.29. The molecule has 114 valence electrons. The van der Waals surface area contributed by atoms with Crippen LogP contribution >= 0.6 is 15.9 Å². The zero-order valence-electron chi connectivity index (χ0n) is 10.5. The molecule has 1 saturated heterocycles. The molecule has 0 radical (unpaired) electrons. The van der Waals surface area contributed by atoms with Crippen molar-refractivity contribution in [3.05, 3.63) is 22.3 Å². The number of amides is 1. The highest BCUT2D eigenvalue weighted by atomic mass is 79.9.